The average molecular weight is 699 g/mol. The molecule has 212 valence electrons. The lowest BCUT2D eigenvalue weighted by Crippen LogP contribution is -2.43. The van der Waals surface area contributed by atoms with Crippen LogP contribution in [0.3, 0.4) is 0 Å². The van der Waals surface area contributed by atoms with Gasteiger partial charge in [0.05, 0.1) is 21.8 Å². The van der Waals surface area contributed by atoms with Gasteiger partial charge in [0.15, 0.2) is 4.80 Å². The monoisotopic (exact) mass is 698 g/mol. The van der Waals surface area contributed by atoms with E-state index >= 15 is 0 Å². The molecule has 0 bridgehead atoms. The Hall–Kier alpha value is -2.95. The fourth-order valence-electron chi connectivity index (χ4n) is 5.43. The number of thiazole rings is 1. The minimum atomic E-state index is -0.596. The zero-order chi connectivity index (χ0) is 29.6. The first-order valence-electron chi connectivity index (χ1n) is 13.6. The van der Waals surface area contributed by atoms with Crippen molar-refractivity contribution in [2.75, 3.05) is 13.1 Å². The number of benzene rings is 2. The molecule has 1 aliphatic rings. The van der Waals surface area contributed by atoms with E-state index in [4.69, 9.17) is 16.6 Å². The van der Waals surface area contributed by atoms with Gasteiger partial charge in [-0.2, -0.15) is 0 Å². The van der Waals surface area contributed by atoms with Gasteiger partial charge in [-0.1, -0.05) is 41.1 Å². The van der Waals surface area contributed by atoms with E-state index in [1.807, 2.05) is 39.0 Å². The zero-order valence-corrected chi connectivity index (χ0v) is 27.7. The molecule has 2 aromatic heterocycles. The maximum absolute atomic E-state index is 14.1. The van der Waals surface area contributed by atoms with Crippen molar-refractivity contribution in [1.29, 1.82) is 0 Å². The summed E-state index contributed by atoms with van der Waals surface area (Å²) >= 11 is 9.93. The number of carbonyl (C=O) groups is 1. The molecule has 1 aliphatic heterocycles. The van der Waals surface area contributed by atoms with E-state index in [2.05, 4.69) is 72.2 Å². The smallest absolute Gasteiger partial charge is 0.271 e. The number of hydrogen-bond acceptors (Lipinski definition) is 4. The lowest BCUT2D eigenvalue weighted by molar-refractivity contribution is -0.127. The third kappa shape index (κ3) is 5.37. The van der Waals surface area contributed by atoms with Crippen molar-refractivity contribution in [3.63, 3.8) is 0 Å². The van der Waals surface area contributed by atoms with Gasteiger partial charge in [0.25, 0.3) is 11.5 Å². The highest BCUT2D eigenvalue weighted by Crippen LogP contribution is 2.32. The van der Waals surface area contributed by atoms with Crippen LogP contribution in [-0.4, -0.2) is 33.0 Å². The summed E-state index contributed by atoms with van der Waals surface area (Å²) in [5.74, 6) is -0.109. The van der Waals surface area contributed by atoms with Crippen LogP contribution in [-0.2, 0) is 4.79 Å². The van der Waals surface area contributed by atoms with Crippen LogP contribution in [0.25, 0.3) is 11.8 Å². The standard InChI is InChI=1S/C32H32ClIN4O2S/c1-7-36(8-2)31(40)28-20(5)35-32-38(29(28)22-10-12-24(33)13-11-22)30(39)27(41-32)16-23-15-19(4)37(21(23)6)25-14-9-18(3)26(34)17-25/h9-17,29H,7-8H2,1-6H3/b27-16+/t29-/m0/s1. The van der Waals surface area contributed by atoms with Crippen molar-refractivity contribution in [2.45, 2.75) is 47.6 Å². The number of hydrogen-bond donors (Lipinski definition) is 0. The number of nitrogens with zero attached hydrogens (tertiary/aromatic N) is 4. The summed E-state index contributed by atoms with van der Waals surface area (Å²) in [4.78, 5) is 35.0. The summed E-state index contributed by atoms with van der Waals surface area (Å²) in [6.45, 7) is 13.2. The van der Waals surface area contributed by atoms with Crippen LogP contribution in [0.1, 0.15) is 54.9 Å². The number of aromatic nitrogens is 2. The number of halogens is 2. The first-order chi connectivity index (χ1) is 19.5. The molecule has 4 aromatic rings. The molecule has 3 heterocycles. The number of fused-ring (bicyclic) bond motifs is 1. The summed E-state index contributed by atoms with van der Waals surface area (Å²) in [6.07, 6.45) is 1.95. The molecular formula is C32H32ClIN4O2S. The van der Waals surface area contributed by atoms with E-state index in [0.717, 1.165) is 28.2 Å². The Bertz CT molecular complexity index is 1880. The van der Waals surface area contributed by atoms with Gasteiger partial charge in [0.1, 0.15) is 0 Å². The van der Waals surface area contributed by atoms with E-state index in [9.17, 15) is 9.59 Å². The summed E-state index contributed by atoms with van der Waals surface area (Å²) < 4.78 is 5.66. The van der Waals surface area contributed by atoms with Gasteiger partial charge in [0, 0.05) is 38.8 Å². The predicted octanol–water partition coefficient (Wildman–Crippen LogP) is 6.08. The number of aryl methyl sites for hydroxylation is 2. The number of likely N-dealkylation sites (N-methyl/N-ethyl adjacent to an activating group) is 1. The van der Waals surface area contributed by atoms with Gasteiger partial charge in [-0.3, -0.25) is 14.2 Å². The van der Waals surface area contributed by atoms with Crippen molar-refractivity contribution < 1.29 is 4.79 Å². The van der Waals surface area contributed by atoms with Crippen molar-refractivity contribution in [3.05, 3.63) is 116 Å². The molecule has 1 amide bonds. The minimum Gasteiger partial charge on any atom is -0.339 e. The Labute approximate surface area is 262 Å². The highest BCUT2D eigenvalue weighted by molar-refractivity contribution is 14.1. The van der Waals surface area contributed by atoms with Crippen LogP contribution in [0.4, 0.5) is 0 Å². The second-order valence-corrected chi connectivity index (χ2v) is 12.8. The third-order valence-electron chi connectivity index (χ3n) is 7.66. The second kappa shape index (κ2) is 11.7. The lowest BCUT2D eigenvalue weighted by Gasteiger charge is -2.29. The number of carbonyl (C=O) groups excluding carboxylic acids is 1. The molecule has 6 nitrogen and oxygen atoms in total. The zero-order valence-electron chi connectivity index (χ0n) is 24.0. The van der Waals surface area contributed by atoms with Crippen LogP contribution in [0, 0.1) is 24.3 Å². The van der Waals surface area contributed by atoms with Gasteiger partial charge in [0.2, 0.25) is 0 Å². The summed E-state index contributed by atoms with van der Waals surface area (Å²) in [7, 11) is 0. The quantitative estimate of drug-likeness (QED) is 0.230. The lowest BCUT2D eigenvalue weighted by atomic mass is 9.94. The molecule has 5 rings (SSSR count). The molecular weight excluding hydrogens is 667 g/mol. The van der Waals surface area contributed by atoms with Crippen LogP contribution in [0.5, 0.6) is 0 Å². The summed E-state index contributed by atoms with van der Waals surface area (Å²) in [5.41, 5.74) is 7.24. The van der Waals surface area contributed by atoms with E-state index in [1.54, 1.807) is 21.6 Å². The molecule has 1 atom stereocenters. The minimum absolute atomic E-state index is 0.109. The molecule has 0 saturated heterocycles. The Morgan fingerprint density at radius 3 is 2.39 bits per heavy atom. The summed E-state index contributed by atoms with van der Waals surface area (Å²) in [5, 5.41) is 0.595. The molecule has 0 spiro atoms. The molecule has 0 unspecified atom stereocenters. The van der Waals surface area contributed by atoms with E-state index in [1.165, 1.54) is 20.5 Å². The normalized spacial score (nSPS) is 15.2. The van der Waals surface area contributed by atoms with Crippen LogP contribution in [0.15, 0.2) is 69.6 Å². The maximum Gasteiger partial charge on any atom is 0.271 e. The average Bonchev–Trinajstić information content (AvgIpc) is 3.39. The number of rotatable bonds is 6. The maximum atomic E-state index is 14.1. The topological polar surface area (TPSA) is 59.6 Å². The van der Waals surface area contributed by atoms with Gasteiger partial charge in [-0.05, 0) is 117 Å². The molecule has 0 saturated carbocycles. The highest BCUT2D eigenvalue weighted by Gasteiger charge is 2.34. The van der Waals surface area contributed by atoms with Gasteiger partial charge in [-0.25, -0.2) is 4.99 Å². The molecule has 0 aliphatic carbocycles. The first kappa shape index (κ1) is 29.5. The van der Waals surface area contributed by atoms with Crippen molar-refractivity contribution in [3.8, 4) is 5.69 Å². The van der Waals surface area contributed by atoms with Gasteiger partial charge in [-0.15, -0.1) is 0 Å². The largest absolute Gasteiger partial charge is 0.339 e. The molecule has 0 fully saturated rings. The van der Waals surface area contributed by atoms with Gasteiger partial charge < -0.3 is 9.47 Å². The van der Waals surface area contributed by atoms with Crippen molar-refractivity contribution in [2.24, 2.45) is 4.99 Å². The van der Waals surface area contributed by atoms with Crippen LogP contribution < -0.4 is 14.9 Å². The summed E-state index contributed by atoms with van der Waals surface area (Å²) in [6, 6.07) is 15.3. The van der Waals surface area contributed by atoms with Crippen LogP contribution in [0.2, 0.25) is 5.02 Å². The van der Waals surface area contributed by atoms with Crippen LogP contribution >= 0.6 is 45.5 Å². The molecule has 41 heavy (non-hydrogen) atoms. The third-order valence-corrected chi connectivity index (χ3v) is 10.1. The number of allylic oxidation sites excluding steroid dienone is 1. The fraction of sp³-hybridized carbons (Fsp3) is 0.281. The second-order valence-electron chi connectivity index (χ2n) is 10.2. The Kier molecular flexibility index (Phi) is 8.46. The Morgan fingerprint density at radius 1 is 1.07 bits per heavy atom. The molecule has 0 N–H and O–H groups in total. The van der Waals surface area contributed by atoms with Gasteiger partial charge >= 0.3 is 0 Å². The van der Waals surface area contributed by atoms with Crippen molar-refractivity contribution in [1.82, 2.24) is 14.0 Å². The predicted molar refractivity (Wildman–Crippen MR) is 176 cm³/mol. The van der Waals surface area contributed by atoms with E-state index in [-0.39, 0.29) is 11.5 Å². The van der Waals surface area contributed by atoms with Crippen molar-refractivity contribution >= 4 is 57.5 Å². The number of amides is 1. The molecule has 2 aromatic carbocycles. The SMILES string of the molecule is CCN(CC)C(=O)C1=C(C)N=c2s/c(=C/c3cc(C)n(-c4ccc(C)c(I)c4)c3C)c(=O)n2[C@H]1c1ccc(Cl)cc1. The first-order valence-corrected chi connectivity index (χ1v) is 15.9. The fourth-order valence-corrected chi connectivity index (χ4v) is 7.09. The highest BCUT2D eigenvalue weighted by atomic mass is 127. The van der Waals surface area contributed by atoms with E-state index in [0.29, 0.717) is 38.7 Å². The molecule has 0 radical (unpaired) electrons. The van der Waals surface area contributed by atoms with E-state index < -0.39 is 6.04 Å². The Balaban J connectivity index is 1.69. The Morgan fingerprint density at radius 2 is 1.76 bits per heavy atom. The molecule has 9 heteroatoms.